The zero-order chi connectivity index (χ0) is 15.2. The molecule has 2 rings (SSSR count). The lowest BCUT2D eigenvalue weighted by Crippen LogP contribution is -2.16. The summed E-state index contributed by atoms with van der Waals surface area (Å²) in [6, 6.07) is 8.43. The van der Waals surface area contributed by atoms with Gasteiger partial charge in [0.2, 0.25) is 11.9 Å². The van der Waals surface area contributed by atoms with E-state index in [4.69, 9.17) is 4.74 Å². The van der Waals surface area contributed by atoms with E-state index in [0.29, 0.717) is 24.5 Å². The molecule has 0 bridgehead atoms. The second-order valence-corrected chi connectivity index (χ2v) is 4.69. The summed E-state index contributed by atoms with van der Waals surface area (Å²) in [6.45, 7) is 4.68. The van der Waals surface area contributed by atoms with Gasteiger partial charge in [0, 0.05) is 19.8 Å². The van der Waals surface area contributed by atoms with Crippen LogP contribution in [-0.2, 0) is 0 Å². The first-order valence-corrected chi connectivity index (χ1v) is 7.01. The van der Waals surface area contributed by atoms with E-state index in [2.05, 4.69) is 33.3 Å². The van der Waals surface area contributed by atoms with E-state index in [1.807, 2.05) is 37.1 Å². The Morgan fingerprint density at radius 1 is 1.19 bits per heavy atom. The van der Waals surface area contributed by atoms with Crippen LogP contribution in [0.5, 0.6) is 6.01 Å². The van der Waals surface area contributed by atoms with Gasteiger partial charge in [0.15, 0.2) is 0 Å². The number of hydrogen-bond acceptors (Lipinski definition) is 6. The topological polar surface area (TPSA) is 63.2 Å². The molecule has 1 heterocycles. The minimum atomic E-state index is 0.339. The third kappa shape index (κ3) is 3.59. The molecule has 0 aliphatic carbocycles. The number of aryl methyl sites for hydroxylation is 1. The van der Waals surface area contributed by atoms with Crippen LogP contribution in [0.3, 0.4) is 0 Å². The first-order chi connectivity index (χ1) is 10.2. The number of aromatic nitrogens is 3. The van der Waals surface area contributed by atoms with Crippen molar-refractivity contribution in [3.63, 3.8) is 0 Å². The summed E-state index contributed by atoms with van der Waals surface area (Å²) in [5, 5.41) is 2.94. The number of nitrogens with one attached hydrogen (secondary N) is 1. The Labute approximate surface area is 125 Å². The van der Waals surface area contributed by atoms with Gasteiger partial charge in [-0.1, -0.05) is 25.1 Å². The molecular weight excluding hydrogens is 266 g/mol. The fraction of sp³-hybridized carbons (Fsp3) is 0.400. The number of para-hydroxylation sites is 1. The fourth-order valence-electron chi connectivity index (χ4n) is 1.91. The minimum absolute atomic E-state index is 0.339. The van der Waals surface area contributed by atoms with Crippen molar-refractivity contribution in [3.05, 3.63) is 29.8 Å². The predicted octanol–water partition coefficient (Wildman–Crippen LogP) is 2.78. The summed E-state index contributed by atoms with van der Waals surface area (Å²) >= 11 is 0. The molecule has 112 valence electrons. The quantitative estimate of drug-likeness (QED) is 0.881. The van der Waals surface area contributed by atoms with Crippen molar-refractivity contribution in [2.75, 3.05) is 30.9 Å². The molecule has 0 unspecified atom stereocenters. The monoisotopic (exact) mass is 287 g/mol. The number of nitrogens with zero attached hydrogens (tertiary/aromatic N) is 4. The highest BCUT2D eigenvalue weighted by Gasteiger charge is 2.13. The van der Waals surface area contributed by atoms with E-state index in [-0.39, 0.29) is 0 Å². The Morgan fingerprint density at radius 2 is 1.95 bits per heavy atom. The maximum Gasteiger partial charge on any atom is 0.323 e. The normalized spacial score (nSPS) is 10.3. The van der Waals surface area contributed by atoms with E-state index < -0.39 is 0 Å². The third-order valence-electron chi connectivity index (χ3n) is 3.04. The molecule has 2 aromatic rings. The molecule has 0 saturated carbocycles. The highest BCUT2D eigenvalue weighted by Crippen LogP contribution is 2.25. The SMILES string of the molecule is CCCOc1nc(NC)nc(N(C)c2ccccc2C)n1. The standard InChI is InChI=1S/C15H21N5O/c1-5-10-21-15-18-13(16-3)17-14(19-15)20(4)12-9-7-6-8-11(12)2/h6-9H,5,10H2,1-4H3,(H,16,17,18,19). The summed E-state index contributed by atoms with van der Waals surface area (Å²) in [5.74, 6) is 1.04. The molecule has 0 spiro atoms. The summed E-state index contributed by atoms with van der Waals surface area (Å²) in [4.78, 5) is 14.9. The molecule has 0 aliphatic rings. The van der Waals surface area contributed by atoms with Crippen LogP contribution in [0.25, 0.3) is 0 Å². The number of ether oxygens (including phenoxy) is 1. The summed E-state index contributed by atoms with van der Waals surface area (Å²) in [5.41, 5.74) is 2.20. The maximum absolute atomic E-state index is 5.53. The van der Waals surface area contributed by atoms with Crippen LogP contribution < -0.4 is 15.0 Å². The second kappa shape index (κ2) is 6.88. The zero-order valence-corrected chi connectivity index (χ0v) is 12.9. The van der Waals surface area contributed by atoms with Crippen LogP contribution in [0.1, 0.15) is 18.9 Å². The van der Waals surface area contributed by atoms with Crippen molar-refractivity contribution in [1.82, 2.24) is 15.0 Å². The number of anilines is 3. The highest BCUT2D eigenvalue weighted by molar-refractivity contribution is 5.61. The molecule has 21 heavy (non-hydrogen) atoms. The lowest BCUT2D eigenvalue weighted by molar-refractivity contribution is 0.292. The smallest absolute Gasteiger partial charge is 0.323 e. The molecule has 0 saturated heterocycles. The van der Waals surface area contributed by atoms with Gasteiger partial charge in [-0.15, -0.1) is 0 Å². The van der Waals surface area contributed by atoms with Crippen molar-refractivity contribution in [2.45, 2.75) is 20.3 Å². The Kier molecular flexibility index (Phi) is 4.92. The van der Waals surface area contributed by atoms with Gasteiger partial charge in [-0.2, -0.15) is 15.0 Å². The molecule has 0 radical (unpaired) electrons. The van der Waals surface area contributed by atoms with Crippen LogP contribution in [0, 0.1) is 6.92 Å². The minimum Gasteiger partial charge on any atom is -0.463 e. The van der Waals surface area contributed by atoms with E-state index >= 15 is 0 Å². The average Bonchev–Trinajstić information content (AvgIpc) is 2.52. The van der Waals surface area contributed by atoms with Gasteiger partial charge >= 0.3 is 6.01 Å². The van der Waals surface area contributed by atoms with Crippen molar-refractivity contribution in [2.24, 2.45) is 0 Å². The maximum atomic E-state index is 5.53. The second-order valence-electron chi connectivity index (χ2n) is 4.69. The molecule has 0 fully saturated rings. The van der Waals surface area contributed by atoms with Gasteiger partial charge < -0.3 is 15.0 Å². The van der Waals surface area contributed by atoms with Crippen molar-refractivity contribution in [3.8, 4) is 6.01 Å². The predicted molar refractivity (Wildman–Crippen MR) is 84.4 cm³/mol. The van der Waals surface area contributed by atoms with Gasteiger partial charge in [-0.3, -0.25) is 0 Å². The van der Waals surface area contributed by atoms with E-state index in [1.165, 1.54) is 0 Å². The van der Waals surface area contributed by atoms with Crippen LogP contribution >= 0.6 is 0 Å². The van der Waals surface area contributed by atoms with E-state index in [9.17, 15) is 0 Å². The number of benzene rings is 1. The number of rotatable bonds is 6. The van der Waals surface area contributed by atoms with Gasteiger partial charge in [0.1, 0.15) is 0 Å². The lowest BCUT2D eigenvalue weighted by Gasteiger charge is -2.20. The summed E-state index contributed by atoms with van der Waals surface area (Å²) in [6.07, 6.45) is 0.906. The van der Waals surface area contributed by atoms with Gasteiger partial charge in [-0.25, -0.2) is 0 Å². The number of hydrogen-bond donors (Lipinski definition) is 1. The molecule has 1 N–H and O–H groups in total. The first-order valence-electron chi connectivity index (χ1n) is 7.01. The first kappa shape index (κ1) is 15.0. The van der Waals surface area contributed by atoms with Gasteiger partial charge in [-0.05, 0) is 25.0 Å². The highest BCUT2D eigenvalue weighted by atomic mass is 16.5. The lowest BCUT2D eigenvalue weighted by atomic mass is 10.2. The molecule has 0 atom stereocenters. The fourth-order valence-corrected chi connectivity index (χ4v) is 1.91. The van der Waals surface area contributed by atoms with Crippen LogP contribution in [0.4, 0.5) is 17.6 Å². The van der Waals surface area contributed by atoms with Crippen LogP contribution in [0.2, 0.25) is 0 Å². The third-order valence-corrected chi connectivity index (χ3v) is 3.04. The molecule has 6 heteroatoms. The Morgan fingerprint density at radius 3 is 2.62 bits per heavy atom. The molecule has 0 amide bonds. The van der Waals surface area contributed by atoms with Gasteiger partial charge in [0.05, 0.1) is 6.61 Å². The van der Waals surface area contributed by atoms with Gasteiger partial charge in [0.25, 0.3) is 0 Å². The average molecular weight is 287 g/mol. The van der Waals surface area contributed by atoms with E-state index in [0.717, 1.165) is 17.7 Å². The van der Waals surface area contributed by atoms with Crippen molar-refractivity contribution < 1.29 is 4.74 Å². The van der Waals surface area contributed by atoms with Crippen LogP contribution in [0.15, 0.2) is 24.3 Å². The molecule has 1 aromatic heterocycles. The molecule has 1 aromatic carbocycles. The Bertz CT molecular complexity index is 602. The molecule has 6 nitrogen and oxygen atoms in total. The molecular formula is C15H21N5O. The largest absolute Gasteiger partial charge is 0.463 e. The summed E-state index contributed by atoms with van der Waals surface area (Å²) in [7, 11) is 3.71. The Balaban J connectivity index is 2.35. The van der Waals surface area contributed by atoms with Crippen molar-refractivity contribution >= 4 is 17.6 Å². The van der Waals surface area contributed by atoms with E-state index in [1.54, 1.807) is 7.05 Å². The Hall–Kier alpha value is -2.37. The summed E-state index contributed by atoms with van der Waals surface area (Å²) < 4.78 is 5.53. The van der Waals surface area contributed by atoms with Crippen molar-refractivity contribution in [1.29, 1.82) is 0 Å². The van der Waals surface area contributed by atoms with Crippen LogP contribution in [-0.4, -0.2) is 35.7 Å². The molecule has 0 aliphatic heterocycles. The zero-order valence-electron chi connectivity index (χ0n) is 12.9.